The highest BCUT2D eigenvalue weighted by Crippen LogP contribution is 2.34. The van der Waals surface area contributed by atoms with Crippen molar-refractivity contribution in [3.05, 3.63) is 47.4 Å². The fourth-order valence-corrected chi connectivity index (χ4v) is 5.34. The number of rotatable bonds is 14. The molecule has 182 valence electrons. The third-order valence-corrected chi connectivity index (χ3v) is 7.59. The molecule has 3 rings (SSSR count). The number of aryl methyl sites for hydroxylation is 2. The van der Waals surface area contributed by atoms with Crippen molar-refractivity contribution in [3.8, 4) is 11.3 Å². The minimum Gasteiger partial charge on any atom is -0.206 e. The normalized spacial score (nSPS) is 18.5. The maximum Gasteiger partial charge on any atom is 0.132 e. The van der Waals surface area contributed by atoms with Crippen LogP contribution in [0.1, 0.15) is 115 Å². The second-order valence-electron chi connectivity index (χ2n) is 10.3. The van der Waals surface area contributed by atoms with E-state index in [4.69, 9.17) is 0 Å². The lowest BCUT2D eigenvalue weighted by Gasteiger charge is -2.28. The van der Waals surface area contributed by atoms with Crippen LogP contribution in [0.25, 0.3) is 11.3 Å². The largest absolute Gasteiger partial charge is 0.206 e. The number of halogens is 1. The Bertz CT molecular complexity index is 793. The fourth-order valence-electron chi connectivity index (χ4n) is 5.34. The van der Waals surface area contributed by atoms with Gasteiger partial charge in [0.1, 0.15) is 5.82 Å². The molecule has 1 aliphatic carbocycles. The molecule has 1 fully saturated rings. The summed E-state index contributed by atoms with van der Waals surface area (Å²) < 4.78 is 14.7. The molecule has 0 atom stereocenters. The lowest BCUT2D eigenvalue weighted by Crippen LogP contribution is -2.15. The highest BCUT2D eigenvalue weighted by Gasteiger charge is 2.21. The minimum atomic E-state index is -0.182. The Kier molecular flexibility index (Phi) is 11.3. The molecule has 1 heterocycles. The van der Waals surface area contributed by atoms with Crippen LogP contribution in [0.2, 0.25) is 0 Å². The first-order valence-electron chi connectivity index (χ1n) is 13.8. The zero-order valence-electron chi connectivity index (χ0n) is 21.1. The molecule has 0 radical (unpaired) electrons. The summed E-state index contributed by atoms with van der Waals surface area (Å²) >= 11 is 0. The van der Waals surface area contributed by atoms with Gasteiger partial charge in [0, 0.05) is 5.56 Å². The highest BCUT2D eigenvalue weighted by atomic mass is 19.1. The molecule has 0 amide bonds. The van der Waals surface area contributed by atoms with Gasteiger partial charge in [-0.15, -0.1) is 0 Å². The van der Waals surface area contributed by atoms with Crippen molar-refractivity contribution in [1.29, 1.82) is 0 Å². The number of benzene rings is 1. The van der Waals surface area contributed by atoms with E-state index in [1.54, 1.807) is 6.07 Å². The summed E-state index contributed by atoms with van der Waals surface area (Å²) in [4.78, 5) is 0. The van der Waals surface area contributed by atoms with E-state index in [9.17, 15) is 4.39 Å². The van der Waals surface area contributed by atoms with Crippen molar-refractivity contribution in [3.63, 3.8) is 0 Å². The lowest BCUT2D eigenvalue weighted by molar-refractivity contribution is 0.248. The summed E-state index contributed by atoms with van der Waals surface area (Å²) in [5, 5.41) is 8.79. The highest BCUT2D eigenvalue weighted by molar-refractivity contribution is 5.59. The summed E-state index contributed by atoms with van der Waals surface area (Å²) in [6.07, 6.45) is 20.5. The Balaban J connectivity index is 1.42. The van der Waals surface area contributed by atoms with Crippen LogP contribution >= 0.6 is 0 Å². The van der Waals surface area contributed by atoms with Crippen LogP contribution < -0.4 is 0 Å². The summed E-state index contributed by atoms with van der Waals surface area (Å²) in [6.45, 7) is 4.51. The Morgan fingerprint density at radius 3 is 2.09 bits per heavy atom. The number of nitrogens with zero attached hydrogens (tertiary/aromatic N) is 2. The van der Waals surface area contributed by atoms with Crippen molar-refractivity contribution in [2.45, 2.75) is 117 Å². The molecule has 0 aliphatic heterocycles. The van der Waals surface area contributed by atoms with Crippen LogP contribution in [-0.2, 0) is 12.8 Å². The van der Waals surface area contributed by atoms with Crippen molar-refractivity contribution in [2.75, 3.05) is 0 Å². The van der Waals surface area contributed by atoms with Crippen LogP contribution in [0.4, 0.5) is 4.39 Å². The predicted molar refractivity (Wildman–Crippen MR) is 138 cm³/mol. The van der Waals surface area contributed by atoms with Crippen molar-refractivity contribution < 1.29 is 4.39 Å². The number of hydrogen-bond donors (Lipinski definition) is 0. The van der Waals surface area contributed by atoms with Gasteiger partial charge in [-0.2, -0.15) is 10.2 Å². The van der Waals surface area contributed by atoms with E-state index in [1.807, 2.05) is 24.3 Å². The van der Waals surface area contributed by atoms with Crippen LogP contribution in [0.5, 0.6) is 0 Å². The smallest absolute Gasteiger partial charge is 0.132 e. The lowest BCUT2D eigenvalue weighted by atomic mass is 9.78. The molecule has 3 heteroatoms. The van der Waals surface area contributed by atoms with E-state index in [2.05, 4.69) is 24.0 Å². The van der Waals surface area contributed by atoms with E-state index in [-0.39, 0.29) is 5.82 Å². The topological polar surface area (TPSA) is 25.8 Å². The molecular formula is C30H45FN2. The zero-order valence-corrected chi connectivity index (χ0v) is 21.1. The van der Waals surface area contributed by atoms with E-state index in [0.29, 0.717) is 11.3 Å². The van der Waals surface area contributed by atoms with Crippen LogP contribution in [0.15, 0.2) is 30.3 Å². The Labute approximate surface area is 201 Å². The Hall–Kier alpha value is -1.77. The molecule has 0 spiro atoms. The van der Waals surface area contributed by atoms with E-state index >= 15 is 0 Å². The summed E-state index contributed by atoms with van der Waals surface area (Å²) in [5.74, 6) is 1.62. The molecule has 0 saturated heterocycles. The molecule has 1 aliphatic rings. The molecule has 0 N–H and O–H groups in total. The number of hydrogen-bond acceptors (Lipinski definition) is 2. The molecule has 1 saturated carbocycles. The van der Waals surface area contributed by atoms with Gasteiger partial charge in [0.2, 0.25) is 0 Å². The monoisotopic (exact) mass is 452 g/mol. The minimum absolute atomic E-state index is 0.182. The van der Waals surface area contributed by atoms with E-state index < -0.39 is 0 Å². The zero-order chi connectivity index (χ0) is 23.3. The molecule has 33 heavy (non-hydrogen) atoms. The predicted octanol–water partition coefficient (Wildman–Crippen LogP) is 9.11. The third-order valence-electron chi connectivity index (χ3n) is 7.59. The first-order valence-corrected chi connectivity index (χ1v) is 13.8. The molecular weight excluding hydrogens is 407 g/mol. The second-order valence-corrected chi connectivity index (χ2v) is 10.3. The van der Waals surface area contributed by atoms with Crippen LogP contribution in [0, 0.1) is 17.7 Å². The van der Waals surface area contributed by atoms with Crippen LogP contribution in [0.3, 0.4) is 0 Å². The van der Waals surface area contributed by atoms with Gasteiger partial charge in [0.25, 0.3) is 0 Å². The van der Waals surface area contributed by atoms with Gasteiger partial charge in [-0.3, -0.25) is 0 Å². The van der Waals surface area contributed by atoms with Gasteiger partial charge < -0.3 is 0 Å². The van der Waals surface area contributed by atoms with E-state index in [0.717, 1.165) is 42.4 Å². The van der Waals surface area contributed by atoms with Gasteiger partial charge in [-0.25, -0.2) is 4.39 Å². The average molecular weight is 453 g/mol. The maximum atomic E-state index is 14.7. The third kappa shape index (κ3) is 8.83. The molecule has 0 unspecified atom stereocenters. The Morgan fingerprint density at radius 2 is 1.42 bits per heavy atom. The van der Waals surface area contributed by atoms with Gasteiger partial charge >= 0.3 is 0 Å². The second kappa shape index (κ2) is 14.5. The summed E-state index contributed by atoms with van der Waals surface area (Å²) in [6, 6.07) is 9.59. The molecule has 2 nitrogen and oxygen atoms in total. The van der Waals surface area contributed by atoms with Crippen molar-refractivity contribution in [1.82, 2.24) is 10.2 Å². The average Bonchev–Trinajstić information content (AvgIpc) is 2.84. The van der Waals surface area contributed by atoms with Crippen molar-refractivity contribution in [2.24, 2.45) is 11.8 Å². The maximum absolute atomic E-state index is 14.7. The standard InChI is InChI=1S/C30H45FN2/c1-3-5-7-8-10-12-26-18-21-28(29(31)23-26)30-22-20-27(32-33-30)19-17-25-15-13-24(14-16-25)11-9-6-4-2/h18,20-25H,3-17,19H2,1-2H3. The number of aromatic nitrogens is 2. The molecule has 0 bridgehead atoms. The van der Waals surface area contributed by atoms with Crippen molar-refractivity contribution >= 4 is 0 Å². The van der Waals surface area contributed by atoms with Gasteiger partial charge in [-0.05, 0) is 67.3 Å². The fraction of sp³-hybridized carbons (Fsp3) is 0.667. The SMILES string of the molecule is CCCCCCCc1ccc(-c2ccc(CCC3CCC(CCCCC)CC3)nn2)c(F)c1. The molecule has 2 aromatic rings. The van der Waals surface area contributed by atoms with Crippen LogP contribution in [-0.4, -0.2) is 10.2 Å². The summed E-state index contributed by atoms with van der Waals surface area (Å²) in [7, 11) is 0. The van der Waals surface area contributed by atoms with E-state index in [1.165, 1.54) is 83.5 Å². The molecule has 1 aromatic heterocycles. The first kappa shape index (κ1) is 25.8. The van der Waals surface area contributed by atoms with Gasteiger partial charge in [0.05, 0.1) is 11.4 Å². The quantitative estimate of drug-likeness (QED) is 0.267. The first-order chi connectivity index (χ1) is 16.2. The Morgan fingerprint density at radius 1 is 0.727 bits per heavy atom. The summed E-state index contributed by atoms with van der Waals surface area (Å²) in [5.41, 5.74) is 3.31. The molecule has 1 aromatic carbocycles. The number of unbranched alkanes of at least 4 members (excludes halogenated alkanes) is 6. The van der Waals surface area contributed by atoms with Gasteiger partial charge in [-0.1, -0.05) is 97.0 Å². The van der Waals surface area contributed by atoms with Gasteiger partial charge in [0.15, 0.2) is 0 Å².